The predicted molar refractivity (Wildman–Crippen MR) is 66.1 cm³/mol. The Hall–Kier alpha value is -1.55. The molecule has 0 atom stereocenters. The number of aliphatic imine (C=N–C) groups is 1. The van der Waals surface area contributed by atoms with Crippen molar-refractivity contribution < 1.29 is 0 Å². The normalized spacial score (nSPS) is 9.88. The molecule has 0 unspecified atom stereocenters. The van der Waals surface area contributed by atoms with Crippen molar-refractivity contribution in [2.75, 3.05) is 0 Å². The fraction of sp³-hybridized carbons (Fsp3) is 0.100. The molecule has 0 fully saturated rings. The highest BCUT2D eigenvalue weighted by atomic mass is 35.5. The fourth-order valence-electron chi connectivity index (χ4n) is 1.35. The van der Waals surface area contributed by atoms with Crippen molar-refractivity contribution >= 4 is 34.7 Å². The summed E-state index contributed by atoms with van der Waals surface area (Å²) < 4.78 is 1.66. The summed E-state index contributed by atoms with van der Waals surface area (Å²) >= 11 is 10.7. The van der Waals surface area contributed by atoms with E-state index in [0.29, 0.717) is 16.5 Å². The van der Waals surface area contributed by atoms with Crippen LogP contribution in [0.15, 0.2) is 29.5 Å². The lowest BCUT2D eigenvalue weighted by atomic mass is 10.2. The van der Waals surface area contributed by atoms with Crippen molar-refractivity contribution in [2.24, 2.45) is 12.0 Å². The first-order valence-corrected chi connectivity index (χ1v) is 5.23. The van der Waals surface area contributed by atoms with Crippen molar-refractivity contribution in [3.63, 3.8) is 0 Å². The third-order valence-corrected chi connectivity index (χ3v) is 2.48. The van der Waals surface area contributed by atoms with Crippen molar-refractivity contribution in [1.82, 2.24) is 14.8 Å². The van der Waals surface area contributed by atoms with Crippen LogP contribution >= 0.6 is 23.8 Å². The summed E-state index contributed by atoms with van der Waals surface area (Å²) in [4.78, 5) is 7.97. The van der Waals surface area contributed by atoms with Crippen LogP contribution in [0, 0.1) is 0 Å². The van der Waals surface area contributed by atoms with Crippen LogP contribution in [-0.4, -0.2) is 19.9 Å². The minimum absolute atomic E-state index is 0.558. The van der Waals surface area contributed by atoms with E-state index in [9.17, 15) is 0 Å². The van der Waals surface area contributed by atoms with E-state index < -0.39 is 0 Å². The number of nitrogens with zero attached hydrogens (tertiary/aromatic N) is 4. The maximum absolute atomic E-state index is 6.13. The monoisotopic (exact) mass is 250 g/mol. The van der Waals surface area contributed by atoms with Gasteiger partial charge >= 0.3 is 0 Å². The van der Waals surface area contributed by atoms with Crippen LogP contribution < -0.4 is 0 Å². The first kappa shape index (κ1) is 11.0. The molecular formula is C10H7ClN4S. The molecule has 1 aromatic heterocycles. The lowest BCUT2D eigenvalue weighted by Gasteiger charge is -2.03. The molecule has 0 saturated carbocycles. The number of hydrogen-bond donors (Lipinski definition) is 0. The van der Waals surface area contributed by atoms with E-state index in [-0.39, 0.29) is 0 Å². The first-order valence-electron chi connectivity index (χ1n) is 4.44. The molecule has 16 heavy (non-hydrogen) atoms. The molecule has 0 amide bonds. The van der Waals surface area contributed by atoms with E-state index in [1.165, 1.54) is 6.33 Å². The quantitative estimate of drug-likeness (QED) is 0.608. The number of hydrogen-bond acceptors (Lipinski definition) is 4. The number of isothiocyanates is 1. The largest absolute Gasteiger partial charge is 0.249 e. The highest BCUT2D eigenvalue weighted by Crippen LogP contribution is 2.29. The summed E-state index contributed by atoms with van der Waals surface area (Å²) in [5.41, 5.74) is 1.48. The molecule has 80 valence electrons. The second-order valence-electron chi connectivity index (χ2n) is 3.07. The van der Waals surface area contributed by atoms with E-state index in [4.69, 9.17) is 11.6 Å². The topological polar surface area (TPSA) is 43.1 Å². The van der Waals surface area contributed by atoms with Gasteiger partial charge in [0.05, 0.1) is 15.9 Å². The molecule has 0 N–H and O–H groups in total. The van der Waals surface area contributed by atoms with Gasteiger partial charge in [-0.2, -0.15) is 10.1 Å². The number of benzene rings is 1. The van der Waals surface area contributed by atoms with Gasteiger partial charge in [0.15, 0.2) is 5.82 Å². The molecule has 1 aromatic carbocycles. The molecule has 0 aliphatic carbocycles. The van der Waals surface area contributed by atoms with Crippen LogP contribution in [-0.2, 0) is 7.05 Å². The van der Waals surface area contributed by atoms with Gasteiger partial charge in [-0.15, -0.1) is 0 Å². The Kier molecular flexibility index (Phi) is 3.10. The number of thiocarbonyl (C=S) groups is 1. The number of aromatic nitrogens is 3. The Labute approximate surface area is 103 Å². The van der Waals surface area contributed by atoms with Gasteiger partial charge in [-0.3, -0.25) is 0 Å². The Morgan fingerprint density at radius 3 is 2.88 bits per heavy atom. The van der Waals surface area contributed by atoms with Gasteiger partial charge in [0.25, 0.3) is 0 Å². The molecule has 0 aliphatic heterocycles. The lowest BCUT2D eigenvalue weighted by molar-refractivity contribution is 0.774. The number of aryl methyl sites for hydroxylation is 1. The zero-order valence-electron chi connectivity index (χ0n) is 8.38. The van der Waals surface area contributed by atoms with E-state index in [1.807, 2.05) is 13.1 Å². The lowest BCUT2D eigenvalue weighted by Crippen LogP contribution is -1.94. The second-order valence-corrected chi connectivity index (χ2v) is 3.66. The number of rotatable bonds is 2. The molecule has 0 bridgehead atoms. The van der Waals surface area contributed by atoms with Crippen molar-refractivity contribution in [1.29, 1.82) is 0 Å². The molecule has 4 nitrogen and oxygen atoms in total. The average Bonchev–Trinajstić information content (AvgIpc) is 2.65. The SMILES string of the molecule is Cn1ncnc1-c1ccc(N=C=S)cc1Cl. The van der Waals surface area contributed by atoms with E-state index in [2.05, 4.69) is 32.5 Å². The summed E-state index contributed by atoms with van der Waals surface area (Å²) in [5.74, 6) is 0.711. The zero-order chi connectivity index (χ0) is 11.5. The van der Waals surface area contributed by atoms with Gasteiger partial charge in [-0.1, -0.05) is 11.6 Å². The van der Waals surface area contributed by atoms with Gasteiger partial charge in [0, 0.05) is 12.6 Å². The molecule has 0 radical (unpaired) electrons. The Balaban J connectivity index is 2.52. The van der Waals surface area contributed by atoms with Crippen LogP contribution in [0.5, 0.6) is 0 Å². The molecule has 2 rings (SSSR count). The summed E-state index contributed by atoms with van der Waals surface area (Å²) in [6.07, 6.45) is 1.48. The molecule has 1 heterocycles. The molecule has 0 spiro atoms. The molecule has 0 saturated heterocycles. The minimum atomic E-state index is 0.558. The van der Waals surface area contributed by atoms with Crippen LogP contribution in [0.3, 0.4) is 0 Å². The standard InChI is InChI=1S/C10H7ClN4S/c1-15-10(12-5-14-15)8-3-2-7(13-6-16)4-9(8)11/h2-5H,1H3. The van der Waals surface area contributed by atoms with E-state index in [1.54, 1.807) is 16.8 Å². The Morgan fingerprint density at radius 2 is 2.31 bits per heavy atom. The van der Waals surface area contributed by atoms with Gasteiger partial charge in [0.1, 0.15) is 6.33 Å². The maximum Gasteiger partial charge on any atom is 0.159 e. The third-order valence-electron chi connectivity index (χ3n) is 2.08. The molecule has 0 aliphatic rings. The van der Waals surface area contributed by atoms with Crippen LogP contribution in [0.2, 0.25) is 5.02 Å². The van der Waals surface area contributed by atoms with Crippen LogP contribution in [0.25, 0.3) is 11.4 Å². The van der Waals surface area contributed by atoms with E-state index >= 15 is 0 Å². The summed E-state index contributed by atoms with van der Waals surface area (Å²) in [7, 11) is 1.81. The summed E-state index contributed by atoms with van der Waals surface area (Å²) in [5, 5.41) is 6.84. The molecular weight excluding hydrogens is 244 g/mol. The number of halogens is 1. The van der Waals surface area contributed by atoms with E-state index in [0.717, 1.165) is 5.56 Å². The van der Waals surface area contributed by atoms with Crippen LogP contribution in [0.4, 0.5) is 5.69 Å². The first-order chi connectivity index (χ1) is 7.72. The Bertz CT molecular complexity index is 572. The van der Waals surface area contributed by atoms with Crippen molar-refractivity contribution in [3.05, 3.63) is 29.5 Å². The van der Waals surface area contributed by atoms with Gasteiger partial charge in [-0.25, -0.2) is 9.67 Å². The smallest absolute Gasteiger partial charge is 0.159 e. The highest BCUT2D eigenvalue weighted by molar-refractivity contribution is 7.78. The Morgan fingerprint density at radius 1 is 1.50 bits per heavy atom. The zero-order valence-corrected chi connectivity index (χ0v) is 9.96. The third kappa shape index (κ3) is 2.02. The summed E-state index contributed by atoms with van der Waals surface area (Å²) in [6.45, 7) is 0. The van der Waals surface area contributed by atoms with Gasteiger partial charge < -0.3 is 0 Å². The predicted octanol–water partition coefficient (Wildman–Crippen LogP) is 2.87. The maximum atomic E-state index is 6.13. The van der Waals surface area contributed by atoms with Gasteiger partial charge in [-0.05, 0) is 30.4 Å². The highest BCUT2D eigenvalue weighted by Gasteiger charge is 2.09. The fourth-order valence-corrected chi connectivity index (χ4v) is 1.71. The van der Waals surface area contributed by atoms with Crippen molar-refractivity contribution in [3.8, 4) is 11.4 Å². The average molecular weight is 251 g/mol. The minimum Gasteiger partial charge on any atom is -0.249 e. The molecule has 2 aromatic rings. The molecule has 6 heteroatoms. The van der Waals surface area contributed by atoms with Crippen molar-refractivity contribution in [2.45, 2.75) is 0 Å². The van der Waals surface area contributed by atoms with Crippen LogP contribution in [0.1, 0.15) is 0 Å². The second kappa shape index (κ2) is 4.53. The van der Waals surface area contributed by atoms with Gasteiger partial charge in [0.2, 0.25) is 0 Å². The summed E-state index contributed by atoms with van der Waals surface area (Å²) in [6, 6.07) is 5.35.